The molecule has 1 aromatic carbocycles. The third-order valence-corrected chi connectivity index (χ3v) is 4.93. The van der Waals surface area contributed by atoms with E-state index in [-0.39, 0.29) is 11.9 Å². The fourth-order valence-electron chi connectivity index (χ4n) is 3.14. The van der Waals surface area contributed by atoms with Crippen LogP contribution in [0.5, 0.6) is 0 Å². The van der Waals surface area contributed by atoms with Gasteiger partial charge in [-0.25, -0.2) is 4.68 Å². The van der Waals surface area contributed by atoms with Crippen LogP contribution in [0, 0.1) is 12.8 Å². The lowest BCUT2D eigenvalue weighted by Crippen LogP contribution is -2.37. The van der Waals surface area contributed by atoms with E-state index in [0.717, 1.165) is 30.1 Å². The molecule has 5 heteroatoms. The molecule has 3 rings (SSSR count). The molecule has 122 valence electrons. The molecule has 0 spiro atoms. The van der Waals surface area contributed by atoms with Gasteiger partial charge in [-0.2, -0.15) is 5.10 Å². The van der Waals surface area contributed by atoms with Crippen LogP contribution in [-0.2, 0) is 0 Å². The van der Waals surface area contributed by atoms with Crippen molar-refractivity contribution in [3.8, 4) is 5.69 Å². The summed E-state index contributed by atoms with van der Waals surface area (Å²) in [5, 5.41) is 8.20. The molecular weight excluding hydrogens is 310 g/mol. The standard InChI is InChI=1S/C18H22ClN3O/c1-12-3-7-15(8-4-12)21-18(23)17-11-20-22(13(17)2)16-9-5-14(19)6-10-16/h5-6,9-12,15H,3-4,7-8H2,1-2H3,(H,21,23). The van der Waals surface area contributed by atoms with Gasteiger partial charge in [0.2, 0.25) is 0 Å². The molecule has 1 aromatic heterocycles. The Labute approximate surface area is 141 Å². The molecule has 1 N–H and O–H groups in total. The lowest BCUT2D eigenvalue weighted by atomic mass is 9.87. The van der Waals surface area contributed by atoms with Crippen molar-refractivity contribution in [2.45, 2.75) is 45.6 Å². The summed E-state index contributed by atoms with van der Waals surface area (Å²) < 4.78 is 1.77. The van der Waals surface area contributed by atoms with Crippen LogP contribution in [-0.4, -0.2) is 21.7 Å². The summed E-state index contributed by atoms with van der Waals surface area (Å²) in [6, 6.07) is 7.72. The van der Waals surface area contributed by atoms with E-state index in [1.54, 1.807) is 10.9 Å². The highest BCUT2D eigenvalue weighted by atomic mass is 35.5. The van der Waals surface area contributed by atoms with Crippen LogP contribution in [0.3, 0.4) is 0 Å². The highest BCUT2D eigenvalue weighted by Crippen LogP contribution is 2.24. The van der Waals surface area contributed by atoms with Crippen molar-refractivity contribution in [1.82, 2.24) is 15.1 Å². The molecule has 0 unspecified atom stereocenters. The van der Waals surface area contributed by atoms with Gasteiger partial charge in [0.25, 0.3) is 5.91 Å². The van der Waals surface area contributed by atoms with E-state index >= 15 is 0 Å². The normalized spacial score (nSPS) is 21.2. The van der Waals surface area contributed by atoms with Gasteiger partial charge in [0.15, 0.2) is 0 Å². The van der Waals surface area contributed by atoms with Crippen LogP contribution in [0.1, 0.15) is 48.7 Å². The predicted octanol–water partition coefficient (Wildman–Crippen LogP) is 4.14. The van der Waals surface area contributed by atoms with E-state index in [0.29, 0.717) is 10.6 Å². The van der Waals surface area contributed by atoms with E-state index in [4.69, 9.17) is 11.6 Å². The second kappa shape index (κ2) is 6.75. The molecular formula is C18H22ClN3O. The van der Waals surface area contributed by atoms with Crippen molar-refractivity contribution >= 4 is 17.5 Å². The summed E-state index contributed by atoms with van der Waals surface area (Å²) >= 11 is 5.92. The van der Waals surface area contributed by atoms with Crippen LogP contribution < -0.4 is 5.32 Å². The highest BCUT2D eigenvalue weighted by Gasteiger charge is 2.22. The first-order valence-corrected chi connectivity index (χ1v) is 8.54. The van der Waals surface area contributed by atoms with Crippen LogP contribution in [0.4, 0.5) is 0 Å². The summed E-state index contributed by atoms with van der Waals surface area (Å²) in [7, 11) is 0. The number of carbonyl (C=O) groups is 1. The van der Waals surface area contributed by atoms with E-state index < -0.39 is 0 Å². The smallest absolute Gasteiger partial charge is 0.254 e. The van der Waals surface area contributed by atoms with Gasteiger partial charge in [0, 0.05) is 11.1 Å². The fourth-order valence-corrected chi connectivity index (χ4v) is 3.27. The Kier molecular flexibility index (Phi) is 4.71. The van der Waals surface area contributed by atoms with Crippen molar-refractivity contribution in [2.24, 2.45) is 5.92 Å². The van der Waals surface area contributed by atoms with Crippen molar-refractivity contribution in [1.29, 1.82) is 0 Å². The molecule has 1 amide bonds. The van der Waals surface area contributed by atoms with Crippen molar-refractivity contribution < 1.29 is 4.79 Å². The monoisotopic (exact) mass is 331 g/mol. The van der Waals surface area contributed by atoms with Crippen LogP contribution in [0.25, 0.3) is 5.69 Å². The van der Waals surface area contributed by atoms with Gasteiger partial charge in [-0.3, -0.25) is 4.79 Å². The topological polar surface area (TPSA) is 46.9 Å². The number of halogens is 1. The van der Waals surface area contributed by atoms with Crippen LogP contribution in [0.2, 0.25) is 5.02 Å². The van der Waals surface area contributed by atoms with E-state index in [9.17, 15) is 4.79 Å². The number of hydrogen-bond acceptors (Lipinski definition) is 2. The summed E-state index contributed by atoms with van der Waals surface area (Å²) in [5.74, 6) is 0.750. The molecule has 4 nitrogen and oxygen atoms in total. The molecule has 1 aliphatic rings. The summed E-state index contributed by atoms with van der Waals surface area (Å²) in [6.45, 7) is 4.19. The Morgan fingerprint density at radius 1 is 1.22 bits per heavy atom. The molecule has 23 heavy (non-hydrogen) atoms. The molecule has 1 aliphatic carbocycles. The summed E-state index contributed by atoms with van der Waals surface area (Å²) in [6.07, 6.45) is 6.15. The maximum absolute atomic E-state index is 12.5. The third kappa shape index (κ3) is 3.58. The minimum atomic E-state index is -0.0257. The first kappa shape index (κ1) is 16.1. The first-order chi connectivity index (χ1) is 11.0. The number of amides is 1. The minimum Gasteiger partial charge on any atom is -0.349 e. The van der Waals surface area contributed by atoms with Gasteiger partial charge < -0.3 is 5.32 Å². The lowest BCUT2D eigenvalue weighted by Gasteiger charge is -2.26. The Morgan fingerprint density at radius 3 is 2.52 bits per heavy atom. The Hall–Kier alpha value is -1.81. The maximum Gasteiger partial charge on any atom is 0.254 e. The largest absolute Gasteiger partial charge is 0.349 e. The minimum absolute atomic E-state index is 0.0257. The predicted molar refractivity (Wildman–Crippen MR) is 92.2 cm³/mol. The van der Waals surface area contributed by atoms with Gasteiger partial charge in [-0.15, -0.1) is 0 Å². The van der Waals surface area contributed by atoms with Crippen molar-refractivity contribution in [3.05, 3.63) is 46.7 Å². The molecule has 0 saturated heterocycles. The van der Waals surface area contributed by atoms with Crippen molar-refractivity contribution in [3.63, 3.8) is 0 Å². The average Bonchev–Trinajstić information content (AvgIpc) is 2.92. The number of nitrogens with zero attached hydrogens (tertiary/aromatic N) is 2. The number of carbonyl (C=O) groups excluding carboxylic acids is 1. The van der Waals surface area contributed by atoms with Gasteiger partial charge >= 0.3 is 0 Å². The number of aromatic nitrogens is 2. The number of rotatable bonds is 3. The van der Waals surface area contributed by atoms with Gasteiger partial charge in [0.1, 0.15) is 0 Å². The zero-order chi connectivity index (χ0) is 16.4. The number of hydrogen-bond donors (Lipinski definition) is 1. The third-order valence-electron chi connectivity index (χ3n) is 4.68. The first-order valence-electron chi connectivity index (χ1n) is 8.16. The summed E-state index contributed by atoms with van der Waals surface area (Å²) in [5.41, 5.74) is 2.38. The molecule has 1 heterocycles. The second-order valence-corrected chi connectivity index (χ2v) is 6.90. The SMILES string of the molecule is Cc1c(C(=O)NC2CCC(C)CC2)cnn1-c1ccc(Cl)cc1. The van der Waals surface area contributed by atoms with Crippen LogP contribution in [0.15, 0.2) is 30.5 Å². The number of benzene rings is 1. The molecule has 0 aliphatic heterocycles. The average molecular weight is 332 g/mol. The zero-order valence-corrected chi connectivity index (χ0v) is 14.3. The van der Waals surface area contributed by atoms with E-state index in [1.165, 1.54) is 12.8 Å². The molecule has 0 atom stereocenters. The lowest BCUT2D eigenvalue weighted by molar-refractivity contribution is 0.0922. The van der Waals surface area contributed by atoms with E-state index in [2.05, 4.69) is 17.3 Å². The Balaban J connectivity index is 1.73. The highest BCUT2D eigenvalue weighted by molar-refractivity contribution is 6.30. The van der Waals surface area contributed by atoms with Crippen LogP contribution >= 0.6 is 11.6 Å². The maximum atomic E-state index is 12.5. The van der Waals surface area contributed by atoms with Gasteiger partial charge in [-0.05, 0) is 62.8 Å². The van der Waals surface area contributed by atoms with Gasteiger partial charge in [-0.1, -0.05) is 18.5 Å². The summed E-state index contributed by atoms with van der Waals surface area (Å²) in [4.78, 5) is 12.5. The molecule has 1 saturated carbocycles. The fraction of sp³-hybridized carbons (Fsp3) is 0.444. The molecule has 0 bridgehead atoms. The van der Waals surface area contributed by atoms with Gasteiger partial charge in [0.05, 0.1) is 23.1 Å². The quantitative estimate of drug-likeness (QED) is 0.918. The molecule has 2 aromatic rings. The Bertz CT molecular complexity index is 685. The molecule has 1 fully saturated rings. The Morgan fingerprint density at radius 2 is 1.87 bits per heavy atom. The zero-order valence-electron chi connectivity index (χ0n) is 13.6. The van der Waals surface area contributed by atoms with Crippen molar-refractivity contribution in [2.75, 3.05) is 0 Å². The second-order valence-electron chi connectivity index (χ2n) is 6.46. The molecule has 0 radical (unpaired) electrons. The van der Waals surface area contributed by atoms with E-state index in [1.807, 2.05) is 31.2 Å². The number of nitrogens with one attached hydrogen (secondary N) is 1.